The molecule has 1 N–H and O–H groups in total. The fraction of sp³-hybridized carbons (Fsp3) is 0.278. The Morgan fingerprint density at radius 1 is 1.09 bits per heavy atom. The molecule has 1 fully saturated rings. The van der Waals surface area contributed by atoms with Crippen LogP contribution in [0.2, 0.25) is 0 Å². The molecule has 0 bridgehead atoms. The molecule has 3 rings (SSSR count). The molecule has 1 aliphatic rings. The third-order valence-electron chi connectivity index (χ3n) is 3.92. The summed E-state index contributed by atoms with van der Waals surface area (Å²) < 4.78 is 13.6. The minimum absolute atomic E-state index is 0.231. The molecule has 0 radical (unpaired) electrons. The van der Waals surface area contributed by atoms with E-state index in [1.807, 2.05) is 30.0 Å². The number of thioether (sulfide) groups is 1. The number of rotatable bonds is 2. The molecule has 120 valence electrons. The lowest BCUT2D eigenvalue weighted by Crippen LogP contribution is -2.36. The van der Waals surface area contributed by atoms with Crippen LogP contribution < -0.4 is 5.32 Å². The summed E-state index contributed by atoms with van der Waals surface area (Å²) in [6, 6.07) is 16.4. The number of nitrogens with zero attached hydrogens (tertiary/aromatic N) is 1. The lowest BCUT2D eigenvalue weighted by Gasteiger charge is -2.21. The van der Waals surface area contributed by atoms with Crippen LogP contribution in [0.3, 0.4) is 0 Å². The predicted octanol–water partition coefficient (Wildman–Crippen LogP) is 4.54. The Bertz CT molecular complexity index is 665. The van der Waals surface area contributed by atoms with E-state index in [0.717, 1.165) is 12.2 Å². The fourth-order valence-corrected chi connectivity index (χ4v) is 3.90. The molecule has 0 aliphatic carbocycles. The van der Waals surface area contributed by atoms with E-state index in [2.05, 4.69) is 17.4 Å². The highest BCUT2D eigenvalue weighted by Crippen LogP contribution is 2.34. The number of hydrogen-bond donors (Lipinski definition) is 1. The van der Waals surface area contributed by atoms with Crippen molar-refractivity contribution in [1.82, 2.24) is 4.90 Å². The summed E-state index contributed by atoms with van der Waals surface area (Å²) in [5.74, 6) is 0.469. The van der Waals surface area contributed by atoms with Crippen LogP contribution >= 0.6 is 11.8 Å². The second kappa shape index (κ2) is 7.51. The van der Waals surface area contributed by atoms with Gasteiger partial charge in [-0.15, -0.1) is 0 Å². The number of urea groups is 1. The number of halogens is 1. The van der Waals surface area contributed by atoms with Gasteiger partial charge in [-0.1, -0.05) is 42.5 Å². The minimum Gasteiger partial charge on any atom is -0.324 e. The van der Waals surface area contributed by atoms with Gasteiger partial charge in [-0.05, 0) is 24.1 Å². The summed E-state index contributed by atoms with van der Waals surface area (Å²) in [6.07, 6.45) is 0.902. The number of carbonyl (C=O) groups is 1. The standard InChI is InChI=1S/C18H19FN2OS/c19-15-8-4-5-9-16(15)20-18(22)21-11-10-17(23-13-12-21)14-6-2-1-3-7-14/h1-9,17H,10-13H2,(H,20,22). The molecule has 1 atom stereocenters. The molecule has 2 aromatic carbocycles. The van der Waals surface area contributed by atoms with E-state index in [1.165, 1.54) is 11.6 Å². The zero-order chi connectivity index (χ0) is 16.1. The van der Waals surface area contributed by atoms with E-state index in [9.17, 15) is 9.18 Å². The number of nitrogens with one attached hydrogen (secondary N) is 1. The van der Waals surface area contributed by atoms with Gasteiger partial charge in [0.15, 0.2) is 0 Å². The van der Waals surface area contributed by atoms with Crippen LogP contribution in [0.25, 0.3) is 0 Å². The Balaban J connectivity index is 1.61. The molecule has 2 aromatic rings. The zero-order valence-electron chi connectivity index (χ0n) is 12.7. The van der Waals surface area contributed by atoms with E-state index >= 15 is 0 Å². The van der Waals surface area contributed by atoms with Crippen LogP contribution in [0.5, 0.6) is 0 Å². The normalized spacial score (nSPS) is 18.3. The van der Waals surface area contributed by atoms with E-state index in [4.69, 9.17) is 0 Å². The first-order valence-electron chi connectivity index (χ1n) is 7.71. The summed E-state index contributed by atoms with van der Waals surface area (Å²) in [7, 11) is 0. The van der Waals surface area contributed by atoms with Gasteiger partial charge >= 0.3 is 6.03 Å². The van der Waals surface area contributed by atoms with Crippen LogP contribution in [0.1, 0.15) is 17.2 Å². The molecule has 2 amide bonds. The highest BCUT2D eigenvalue weighted by atomic mass is 32.2. The highest BCUT2D eigenvalue weighted by molar-refractivity contribution is 7.99. The Kier molecular flexibility index (Phi) is 5.18. The van der Waals surface area contributed by atoms with Crippen molar-refractivity contribution in [2.24, 2.45) is 0 Å². The van der Waals surface area contributed by atoms with Gasteiger partial charge in [0.05, 0.1) is 5.69 Å². The van der Waals surface area contributed by atoms with Gasteiger partial charge in [-0.2, -0.15) is 11.8 Å². The molecule has 5 heteroatoms. The summed E-state index contributed by atoms with van der Waals surface area (Å²) in [5.41, 5.74) is 1.53. The molecule has 0 aromatic heterocycles. The summed E-state index contributed by atoms with van der Waals surface area (Å²) >= 11 is 1.87. The molecule has 1 heterocycles. The molecule has 1 unspecified atom stereocenters. The lowest BCUT2D eigenvalue weighted by molar-refractivity contribution is 0.215. The minimum atomic E-state index is -0.410. The van der Waals surface area contributed by atoms with Crippen molar-refractivity contribution in [2.45, 2.75) is 11.7 Å². The van der Waals surface area contributed by atoms with Gasteiger partial charge in [0.1, 0.15) is 5.82 Å². The number of benzene rings is 2. The van der Waals surface area contributed by atoms with Crippen molar-refractivity contribution in [2.75, 3.05) is 24.2 Å². The molecule has 3 nitrogen and oxygen atoms in total. The quantitative estimate of drug-likeness (QED) is 0.877. The first-order valence-corrected chi connectivity index (χ1v) is 8.76. The third-order valence-corrected chi connectivity index (χ3v) is 5.24. The SMILES string of the molecule is O=C(Nc1ccccc1F)N1CCSC(c2ccccc2)CC1. The number of anilines is 1. The highest BCUT2D eigenvalue weighted by Gasteiger charge is 2.22. The smallest absolute Gasteiger partial charge is 0.321 e. The average Bonchev–Trinajstić information content (AvgIpc) is 2.84. The maximum atomic E-state index is 13.6. The van der Waals surface area contributed by atoms with Gasteiger partial charge in [0, 0.05) is 24.1 Å². The van der Waals surface area contributed by atoms with Crippen molar-refractivity contribution < 1.29 is 9.18 Å². The van der Waals surface area contributed by atoms with Crippen molar-refractivity contribution in [3.05, 3.63) is 66.0 Å². The molecule has 0 spiro atoms. The first-order chi connectivity index (χ1) is 11.2. The maximum absolute atomic E-state index is 13.6. The van der Waals surface area contributed by atoms with Crippen LogP contribution in [0, 0.1) is 5.82 Å². The van der Waals surface area contributed by atoms with Crippen molar-refractivity contribution in [3.8, 4) is 0 Å². The lowest BCUT2D eigenvalue weighted by atomic mass is 10.1. The van der Waals surface area contributed by atoms with Crippen molar-refractivity contribution >= 4 is 23.5 Å². The number of amides is 2. The third kappa shape index (κ3) is 4.05. The van der Waals surface area contributed by atoms with Gasteiger partial charge < -0.3 is 10.2 Å². The van der Waals surface area contributed by atoms with E-state index in [1.54, 1.807) is 23.1 Å². The Morgan fingerprint density at radius 3 is 2.61 bits per heavy atom. The molecule has 1 aliphatic heterocycles. The van der Waals surface area contributed by atoms with Crippen LogP contribution in [0.4, 0.5) is 14.9 Å². The topological polar surface area (TPSA) is 32.3 Å². The van der Waals surface area contributed by atoms with Crippen LogP contribution in [-0.2, 0) is 0 Å². The van der Waals surface area contributed by atoms with Crippen molar-refractivity contribution in [1.29, 1.82) is 0 Å². The van der Waals surface area contributed by atoms with Crippen LogP contribution in [0.15, 0.2) is 54.6 Å². The van der Waals surface area contributed by atoms with Crippen molar-refractivity contribution in [3.63, 3.8) is 0 Å². The van der Waals surface area contributed by atoms with Crippen LogP contribution in [-0.4, -0.2) is 29.8 Å². The van der Waals surface area contributed by atoms with Gasteiger partial charge in [-0.25, -0.2) is 9.18 Å². The Hall–Kier alpha value is -2.01. The van der Waals surface area contributed by atoms with Gasteiger partial charge in [0.25, 0.3) is 0 Å². The van der Waals surface area contributed by atoms with Gasteiger partial charge in [0.2, 0.25) is 0 Å². The number of hydrogen-bond acceptors (Lipinski definition) is 2. The summed E-state index contributed by atoms with van der Waals surface area (Å²) in [6.45, 7) is 1.35. The van der Waals surface area contributed by atoms with E-state index in [0.29, 0.717) is 18.3 Å². The Morgan fingerprint density at radius 2 is 1.83 bits per heavy atom. The molecular weight excluding hydrogens is 311 g/mol. The van der Waals surface area contributed by atoms with Gasteiger partial charge in [-0.3, -0.25) is 0 Å². The average molecular weight is 330 g/mol. The maximum Gasteiger partial charge on any atom is 0.321 e. The largest absolute Gasteiger partial charge is 0.324 e. The van der Waals surface area contributed by atoms with E-state index < -0.39 is 5.82 Å². The monoisotopic (exact) mass is 330 g/mol. The molecule has 0 saturated carbocycles. The molecular formula is C18H19FN2OS. The summed E-state index contributed by atoms with van der Waals surface area (Å²) in [4.78, 5) is 14.1. The second-order valence-electron chi connectivity index (χ2n) is 5.46. The Labute approximate surface area is 139 Å². The molecule has 1 saturated heterocycles. The van der Waals surface area contributed by atoms with E-state index in [-0.39, 0.29) is 11.7 Å². The number of para-hydroxylation sites is 1. The fourth-order valence-electron chi connectivity index (χ4n) is 2.66. The number of carbonyl (C=O) groups excluding carboxylic acids is 1. The zero-order valence-corrected chi connectivity index (χ0v) is 13.6. The summed E-state index contributed by atoms with van der Waals surface area (Å²) in [5, 5.41) is 3.07. The predicted molar refractivity (Wildman–Crippen MR) is 93.2 cm³/mol. The molecule has 23 heavy (non-hydrogen) atoms. The second-order valence-corrected chi connectivity index (χ2v) is 6.77. The first kappa shape index (κ1) is 15.9.